The molecular formula is C24H29N5S. The van der Waals surface area contributed by atoms with Crippen molar-refractivity contribution in [1.29, 1.82) is 0 Å². The van der Waals surface area contributed by atoms with Crippen LogP contribution in [0, 0.1) is 13.8 Å². The van der Waals surface area contributed by atoms with Gasteiger partial charge in [-0.3, -0.25) is 9.58 Å². The average molecular weight is 420 g/mol. The highest BCUT2D eigenvalue weighted by Crippen LogP contribution is 2.13. The molecule has 0 aliphatic carbocycles. The summed E-state index contributed by atoms with van der Waals surface area (Å²) in [4.78, 5) is 4.73. The van der Waals surface area contributed by atoms with Gasteiger partial charge in [0.2, 0.25) is 0 Å². The van der Waals surface area contributed by atoms with Crippen molar-refractivity contribution in [1.82, 2.24) is 19.6 Å². The number of hydrogen-bond acceptors (Lipinski definition) is 3. The van der Waals surface area contributed by atoms with Crippen molar-refractivity contribution >= 4 is 23.1 Å². The van der Waals surface area contributed by atoms with Crippen LogP contribution in [0.1, 0.15) is 22.3 Å². The lowest BCUT2D eigenvalue weighted by atomic mass is 10.1. The van der Waals surface area contributed by atoms with Crippen molar-refractivity contribution in [3.8, 4) is 0 Å². The van der Waals surface area contributed by atoms with Gasteiger partial charge in [-0.25, -0.2) is 0 Å². The van der Waals surface area contributed by atoms with Gasteiger partial charge in [0.25, 0.3) is 0 Å². The van der Waals surface area contributed by atoms with E-state index < -0.39 is 0 Å². The van der Waals surface area contributed by atoms with Gasteiger partial charge in [-0.05, 0) is 42.8 Å². The fourth-order valence-corrected chi connectivity index (χ4v) is 4.13. The second-order valence-corrected chi connectivity index (χ2v) is 8.39. The molecule has 0 radical (unpaired) electrons. The Kier molecular flexibility index (Phi) is 6.45. The molecule has 0 unspecified atom stereocenters. The Balaban J connectivity index is 1.27. The van der Waals surface area contributed by atoms with Crippen molar-refractivity contribution in [2.24, 2.45) is 0 Å². The predicted molar refractivity (Wildman–Crippen MR) is 127 cm³/mol. The topological polar surface area (TPSA) is 36.3 Å². The minimum absolute atomic E-state index is 0.756. The SMILES string of the molecule is Cc1cccc(CN2CCN(C(=S)Nc3ccn(Cc4ccccc4C)n3)CC2)c1. The number of anilines is 1. The second kappa shape index (κ2) is 9.41. The number of hydrogen-bond donors (Lipinski definition) is 1. The summed E-state index contributed by atoms with van der Waals surface area (Å²) in [6.45, 7) is 9.93. The summed E-state index contributed by atoms with van der Waals surface area (Å²) in [5.41, 5.74) is 5.25. The molecule has 0 atom stereocenters. The molecule has 156 valence electrons. The lowest BCUT2D eigenvalue weighted by molar-refractivity contribution is 0.177. The van der Waals surface area contributed by atoms with Crippen LogP contribution < -0.4 is 5.32 Å². The molecule has 1 aliphatic rings. The smallest absolute Gasteiger partial charge is 0.174 e. The van der Waals surface area contributed by atoms with E-state index in [2.05, 4.69) is 82.6 Å². The van der Waals surface area contributed by atoms with Gasteiger partial charge in [-0.15, -0.1) is 0 Å². The van der Waals surface area contributed by atoms with Gasteiger partial charge in [0.1, 0.15) is 0 Å². The zero-order chi connectivity index (χ0) is 20.9. The Bertz CT molecular complexity index is 1000. The molecule has 4 rings (SSSR count). The third-order valence-electron chi connectivity index (χ3n) is 5.62. The molecule has 3 aromatic rings. The molecule has 2 aromatic carbocycles. The van der Waals surface area contributed by atoms with E-state index >= 15 is 0 Å². The third-order valence-corrected chi connectivity index (χ3v) is 5.98. The minimum atomic E-state index is 0.756. The number of aromatic nitrogens is 2. The van der Waals surface area contributed by atoms with Gasteiger partial charge in [0, 0.05) is 45.0 Å². The molecule has 0 bridgehead atoms. The maximum absolute atomic E-state index is 5.65. The summed E-state index contributed by atoms with van der Waals surface area (Å²) in [6, 6.07) is 19.2. The Labute approximate surface area is 184 Å². The first-order chi connectivity index (χ1) is 14.6. The molecular weight excluding hydrogens is 390 g/mol. The summed E-state index contributed by atoms with van der Waals surface area (Å²) >= 11 is 5.65. The summed E-state index contributed by atoms with van der Waals surface area (Å²) in [5.74, 6) is 0.802. The first-order valence-corrected chi connectivity index (χ1v) is 10.9. The largest absolute Gasteiger partial charge is 0.346 e. The second-order valence-electron chi connectivity index (χ2n) is 8.01. The van der Waals surface area contributed by atoms with Crippen LogP contribution in [0.4, 0.5) is 5.82 Å². The molecule has 1 N–H and O–H groups in total. The van der Waals surface area contributed by atoms with E-state index in [-0.39, 0.29) is 0 Å². The van der Waals surface area contributed by atoms with Crippen LogP contribution >= 0.6 is 12.2 Å². The summed E-state index contributed by atoms with van der Waals surface area (Å²) in [7, 11) is 0. The fraction of sp³-hybridized carbons (Fsp3) is 0.333. The van der Waals surface area contributed by atoms with Crippen LogP contribution in [-0.4, -0.2) is 50.9 Å². The predicted octanol–water partition coefficient (Wildman–Crippen LogP) is 4.06. The maximum Gasteiger partial charge on any atom is 0.174 e. The van der Waals surface area contributed by atoms with E-state index in [9.17, 15) is 0 Å². The first kappa shape index (κ1) is 20.6. The van der Waals surface area contributed by atoms with Gasteiger partial charge in [0.15, 0.2) is 10.9 Å². The number of nitrogens with one attached hydrogen (secondary N) is 1. The van der Waals surface area contributed by atoms with Gasteiger partial charge in [-0.2, -0.15) is 5.10 Å². The zero-order valence-electron chi connectivity index (χ0n) is 17.7. The van der Waals surface area contributed by atoms with Gasteiger partial charge >= 0.3 is 0 Å². The van der Waals surface area contributed by atoms with Crippen molar-refractivity contribution < 1.29 is 0 Å². The van der Waals surface area contributed by atoms with E-state index in [1.54, 1.807) is 0 Å². The minimum Gasteiger partial charge on any atom is -0.346 e. The Morgan fingerprint density at radius 1 is 0.967 bits per heavy atom. The molecule has 1 fully saturated rings. The quantitative estimate of drug-likeness (QED) is 0.631. The zero-order valence-corrected chi connectivity index (χ0v) is 18.5. The maximum atomic E-state index is 5.65. The highest BCUT2D eigenvalue weighted by molar-refractivity contribution is 7.80. The van der Waals surface area contributed by atoms with E-state index in [0.29, 0.717) is 0 Å². The van der Waals surface area contributed by atoms with Crippen LogP contribution in [0.5, 0.6) is 0 Å². The lowest BCUT2D eigenvalue weighted by Crippen LogP contribution is -2.49. The number of aryl methyl sites for hydroxylation is 2. The normalized spacial score (nSPS) is 14.7. The number of rotatable bonds is 5. The summed E-state index contributed by atoms with van der Waals surface area (Å²) in [5, 5.41) is 8.71. The van der Waals surface area contributed by atoms with Gasteiger partial charge in [0.05, 0.1) is 6.54 Å². The molecule has 1 aromatic heterocycles. The molecule has 0 amide bonds. The molecule has 1 aliphatic heterocycles. The van der Waals surface area contributed by atoms with Crippen LogP contribution in [-0.2, 0) is 13.1 Å². The Hall–Kier alpha value is -2.70. The molecule has 1 saturated heterocycles. The number of thiocarbonyl (C=S) groups is 1. The van der Waals surface area contributed by atoms with Crippen LogP contribution in [0.15, 0.2) is 60.8 Å². The molecule has 0 saturated carbocycles. The van der Waals surface area contributed by atoms with E-state index in [4.69, 9.17) is 12.2 Å². The Morgan fingerprint density at radius 2 is 1.77 bits per heavy atom. The number of benzene rings is 2. The third kappa shape index (κ3) is 5.26. The molecule has 2 heterocycles. The van der Waals surface area contributed by atoms with E-state index in [1.165, 1.54) is 22.3 Å². The molecule has 5 nitrogen and oxygen atoms in total. The molecule has 6 heteroatoms. The van der Waals surface area contributed by atoms with E-state index in [0.717, 1.165) is 50.2 Å². The van der Waals surface area contributed by atoms with Gasteiger partial charge in [-0.1, -0.05) is 54.1 Å². The fourth-order valence-electron chi connectivity index (χ4n) is 3.84. The molecule has 30 heavy (non-hydrogen) atoms. The summed E-state index contributed by atoms with van der Waals surface area (Å²) in [6.07, 6.45) is 2.00. The van der Waals surface area contributed by atoms with Crippen LogP contribution in [0.2, 0.25) is 0 Å². The van der Waals surface area contributed by atoms with Crippen molar-refractivity contribution in [3.05, 3.63) is 83.0 Å². The van der Waals surface area contributed by atoms with Crippen LogP contribution in [0.3, 0.4) is 0 Å². The van der Waals surface area contributed by atoms with Gasteiger partial charge < -0.3 is 10.2 Å². The lowest BCUT2D eigenvalue weighted by Gasteiger charge is -2.36. The first-order valence-electron chi connectivity index (χ1n) is 10.5. The Morgan fingerprint density at radius 3 is 2.53 bits per heavy atom. The average Bonchev–Trinajstić information content (AvgIpc) is 3.17. The van der Waals surface area contributed by atoms with Crippen molar-refractivity contribution in [3.63, 3.8) is 0 Å². The highest BCUT2D eigenvalue weighted by atomic mass is 32.1. The monoisotopic (exact) mass is 419 g/mol. The number of nitrogens with zero attached hydrogens (tertiary/aromatic N) is 4. The van der Waals surface area contributed by atoms with E-state index in [1.807, 2.05) is 16.9 Å². The highest BCUT2D eigenvalue weighted by Gasteiger charge is 2.19. The van der Waals surface area contributed by atoms with Crippen molar-refractivity contribution in [2.75, 3.05) is 31.5 Å². The summed E-state index contributed by atoms with van der Waals surface area (Å²) < 4.78 is 1.95. The standard InChI is InChI=1S/C24H29N5S/c1-19-6-5-8-21(16-19)17-27-12-14-28(15-13-27)24(30)25-23-10-11-29(26-23)18-22-9-4-3-7-20(22)2/h3-11,16H,12-15,17-18H2,1-2H3,(H,25,26,30). The van der Waals surface area contributed by atoms with Crippen molar-refractivity contribution in [2.45, 2.75) is 26.9 Å². The number of piperazine rings is 1. The molecule has 0 spiro atoms. The van der Waals surface area contributed by atoms with Crippen LogP contribution in [0.25, 0.3) is 0 Å².